The zero-order valence-corrected chi connectivity index (χ0v) is 8.93. The minimum Gasteiger partial charge on any atom is -0.317 e. The van der Waals surface area contributed by atoms with Crippen molar-refractivity contribution in [3.63, 3.8) is 0 Å². The maximum Gasteiger partial charge on any atom is 0.00643 e. The first kappa shape index (κ1) is 11.7. The predicted octanol–water partition coefficient (Wildman–Crippen LogP) is 2.98. The van der Waals surface area contributed by atoms with Crippen LogP contribution in [-0.2, 0) is 0 Å². The van der Waals surface area contributed by atoms with E-state index in [0.717, 1.165) is 5.92 Å². The molecule has 1 heteroatoms. The van der Waals surface area contributed by atoms with Crippen molar-refractivity contribution < 1.29 is 0 Å². The molecule has 1 unspecified atom stereocenters. The van der Waals surface area contributed by atoms with Gasteiger partial charge in [0.15, 0.2) is 0 Å². The lowest BCUT2D eigenvalue weighted by Gasteiger charge is -2.17. The summed E-state index contributed by atoms with van der Waals surface area (Å²) in [5.74, 6) is 0.739. The van der Waals surface area contributed by atoms with Crippen LogP contribution in [0.5, 0.6) is 0 Å². The summed E-state index contributed by atoms with van der Waals surface area (Å²) >= 11 is 0. The van der Waals surface area contributed by atoms with Crippen molar-refractivity contribution in [1.29, 1.82) is 0 Å². The normalized spacial score (nSPS) is 16.7. The summed E-state index contributed by atoms with van der Waals surface area (Å²) in [4.78, 5) is 0. The van der Waals surface area contributed by atoms with Crippen LogP contribution in [0.25, 0.3) is 0 Å². The van der Waals surface area contributed by atoms with Gasteiger partial charge in [-0.1, -0.05) is 32.4 Å². The summed E-state index contributed by atoms with van der Waals surface area (Å²) in [6, 6.07) is 0.622. The quantitative estimate of drug-likeness (QED) is 0.603. The van der Waals surface area contributed by atoms with Crippen molar-refractivity contribution in [2.45, 2.75) is 46.1 Å². The highest BCUT2D eigenvalue weighted by molar-refractivity contribution is 4.84. The molecular formula is C11H23N. The van der Waals surface area contributed by atoms with Gasteiger partial charge < -0.3 is 5.32 Å². The van der Waals surface area contributed by atoms with E-state index in [0.29, 0.717) is 6.04 Å². The third-order valence-corrected chi connectivity index (χ3v) is 2.44. The van der Waals surface area contributed by atoms with Gasteiger partial charge in [-0.05, 0) is 32.7 Å². The van der Waals surface area contributed by atoms with Gasteiger partial charge in [-0.25, -0.2) is 0 Å². The van der Waals surface area contributed by atoms with E-state index in [9.17, 15) is 0 Å². The fourth-order valence-electron chi connectivity index (χ4n) is 1.08. The highest BCUT2D eigenvalue weighted by Gasteiger charge is 2.06. The fraction of sp³-hybridized carbons (Fsp3) is 0.818. The van der Waals surface area contributed by atoms with Gasteiger partial charge in [0, 0.05) is 6.04 Å². The molecule has 0 radical (unpaired) electrons. The molecule has 0 heterocycles. The van der Waals surface area contributed by atoms with E-state index in [-0.39, 0.29) is 0 Å². The standard InChI is InChI=1S/C11H23N/c1-5-6-7-8-9-10(2)11(3)12-4/h7-8,10-12H,5-6,9H2,1-4H3/b8-7-/t10?,11-/m1/s1. The van der Waals surface area contributed by atoms with Crippen LogP contribution in [0.4, 0.5) is 0 Å². The molecule has 1 N–H and O–H groups in total. The molecule has 0 aliphatic heterocycles. The first-order chi connectivity index (χ1) is 5.72. The summed E-state index contributed by atoms with van der Waals surface area (Å²) in [6.45, 7) is 6.74. The van der Waals surface area contributed by atoms with Gasteiger partial charge >= 0.3 is 0 Å². The Kier molecular flexibility index (Phi) is 7.17. The Hall–Kier alpha value is -0.300. The smallest absolute Gasteiger partial charge is 0.00643 e. The number of hydrogen-bond acceptors (Lipinski definition) is 1. The van der Waals surface area contributed by atoms with Crippen molar-refractivity contribution in [1.82, 2.24) is 5.32 Å². The average Bonchev–Trinajstić information content (AvgIpc) is 2.10. The molecule has 72 valence electrons. The van der Waals surface area contributed by atoms with E-state index in [1.165, 1.54) is 19.3 Å². The Labute approximate surface area is 77.2 Å². The predicted molar refractivity (Wildman–Crippen MR) is 56.4 cm³/mol. The van der Waals surface area contributed by atoms with Gasteiger partial charge in [0.1, 0.15) is 0 Å². The van der Waals surface area contributed by atoms with E-state index in [1.807, 2.05) is 7.05 Å². The van der Waals surface area contributed by atoms with Crippen molar-refractivity contribution in [2.75, 3.05) is 7.05 Å². The van der Waals surface area contributed by atoms with Crippen LogP contribution >= 0.6 is 0 Å². The summed E-state index contributed by atoms with van der Waals surface area (Å²) in [7, 11) is 2.02. The Morgan fingerprint density at radius 1 is 1.25 bits per heavy atom. The van der Waals surface area contributed by atoms with Crippen LogP contribution < -0.4 is 5.32 Å². The van der Waals surface area contributed by atoms with Crippen LogP contribution in [0.3, 0.4) is 0 Å². The number of rotatable bonds is 6. The van der Waals surface area contributed by atoms with Crippen LogP contribution in [-0.4, -0.2) is 13.1 Å². The maximum absolute atomic E-state index is 3.27. The van der Waals surface area contributed by atoms with Crippen LogP contribution in [0.15, 0.2) is 12.2 Å². The van der Waals surface area contributed by atoms with Gasteiger partial charge in [-0.3, -0.25) is 0 Å². The molecule has 0 aromatic heterocycles. The van der Waals surface area contributed by atoms with Crippen molar-refractivity contribution >= 4 is 0 Å². The zero-order chi connectivity index (χ0) is 9.40. The van der Waals surface area contributed by atoms with Crippen LogP contribution in [0.2, 0.25) is 0 Å². The van der Waals surface area contributed by atoms with Crippen LogP contribution in [0, 0.1) is 5.92 Å². The van der Waals surface area contributed by atoms with Gasteiger partial charge in [-0.2, -0.15) is 0 Å². The van der Waals surface area contributed by atoms with Gasteiger partial charge in [0.05, 0.1) is 0 Å². The molecule has 0 aromatic rings. The summed E-state index contributed by atoms with van der Waals surface area (Å²) in [5, 5.41) is 3.27. The maximum atomic E-state index is 3.27. The monoisotopic (exact) mass is 169 g/mol. The molecular weight excluding hydrogens is 146 g/mol. The van der Waals surface area contributed by atoms with E-state index >= 15 is 0 Å². The second-order valence-corrected chi connectivity index (χ2v) is 3.55. The lowest BCUT2D eigenvalue weighted by molar-refractivity contribution is 0.429. The van der Waals surface area contributed by atoms with E-state index < -0.39 is 0 Å². The SMILES string of the molecule is CCC/C=C\CC(C)[C@@H](C)NC. The van der Waals surface area contributed by atoms with E-state index in [4.69, 9.17) is 0 Å². The third kappa shape index (κ3) is 5.36. The minimum absolute atomic E-state index is 0.622. The Bertz CT molecular complexity index is 118. The lowest BCUT2D eigenvalue weighted by atomic mass is 9.99. The van der Waals surface area contributed by atoms with Gasteiger partial charge in [0.2, 0.25) is 0 Å². The minimum atomic E-state index is 0.622. The Balaban J connectivity index is 3.48. The summed E-state index contributed by atoms with van der Waals surface area (Å²) in [6.07, 6.45) is 8.27. The van der Waals surface area contributed by atoms with Crippen molar-refractivity contribution in [3.05, 3.63) is 12.2 Å². The zero-order valence-electron chi connectivity index (χ0n) is 8.93. The topological polar surface area (TPSA) is 12.0 Å². The second kappa shape index (κ2) is 7.35. The molecule has 2 atom stereocenters. The first-order valence-electron chi connectivity index (χ1n) is 5.04. The molecule has 0 aliphatic rings. The molecule has 1 nitrogen and oxygen atoms in total. The third-order valence-electron chi connectivity index (χ3n) is 2.44. The average molecular weight is 169 g/mol. The molecule has 0 aliphatic carbocycles. The largest absolute Gasteiger partial charge is 0.317 e. The molecule has 0 bridgehead atoms. The Morgan fingerprint density at radius 3 is 2.42 bits per heavy atom. The number of nitrogens with one attached hydrogen (secondary N) is 1. The molecule has 0 amide bonds. The van der Waals surface area contributed by atoms with E-state index in [2.05, 4.69) is 38.2 Å². The first-order valence-corrected chi connectivity index (χ1v) is 5.04. The number of unbranched alkanes of at least 4 members (excludes halogenated alkanes) is 1. The fourth-order valence-corrected chi connectivity index (χ4v) is 1.08. The molecule has 0 saturated heterocycles. The van der Waals surface area contributed by atoms with E-state index in [1.54, 1.807) is 0 Å². The number of allylic oxidation sites excluding steroid dienone is 2. The highest BCUT2D eigenvalue weighted by Crippen LogP contribution is 2.08. The molecule has 0 aromatic carbocycles. The lowest BCUT2D eigenvalue weighted by Crippen LogP contribution is -2.28. The highest BCUT2D eigenvalue weighted by atomic mass is 14.9. The molecule has 0 saturated carbocycles. The van der Waals surface area contributed by atoms with Crippen molar-refractivity contribution in [3.8, 4) is 0 Å². The van der Waals surface area contributed by atoms with Gasteiger partial charge in [0.25, 0.3) is 0 Å². The van der Waals surface area contributed by atoms with Crippen LogP contribution in [0.1, 0.15) is 40.0 Å². The Morgan fingerprint density at radius 2 is 1.92 bits per heavy atom. The van der Waals surface area contributed by atoms with Crippen molar-refractivity contribution in [2.24, 2.45) is 5.92 Å². The molecule has 12 heavy (non-hydrogen) atoms. The molecule has 0 fully saturated rings. The van der Waals surface area contributed by atoms with Gasteiger partial charge in [-0.15, -0.1) is 0 Å². The summed E-state index contributed by atoms with van der Waals surface area (Å²) in [5.41, 5.74) is 0. The number of hydrogen-bond donors (Lipinski definition) is 1. The molecule has 0 rings (SSSR count). The molecule has 0 spiro atoms. The second-order valence-electron chi connectivity index (χ2n) is 3.55. The summed E-state index contributed by atoms with van der Waals surface area (Å²) < 4.78 is 0.